The number of H-pyrrole nitrogens is 1. The summed E-state index contributed by atoms with van der Waals surface area (Å²) < 4.78 is 11.8. The molecule has 1 N–H and O–H groups in total. The molecule has 0 aliphatic carbocycles. The average molecular weight is 384 g/mol. The topological polar surface area (TPSA) is 71.6 Å². The van der Waals surface area contributed by atoms with Gasteiger partial charge in [0.25, 0.3) is 0 Å². The van der Waals surface area contributed by atoms with Gasteiger partial charge in [-0.25, -0.2) is 0 Å². The summed E-state index contributed by atoms with van der Waals surface area (Å²) in [6.07, 6.45) is -0.149. The van der Waals surface area contributed by atoms with Crippen molar-refractivity contribution in [1.29, 1.82) is 0 Å². The molecule has 0 radical (unpaired) electrons. The number of carbonyl (C=O) groups is 2. The van der Waals surface area contributed by atoms with E-state index in [4.69, 9.17) is 9.47 Å². The zero-order valence-electron chi connectivity index (χ0n) is 17.2. The van der Waals surface area contributed by atoms with Gasteiger partial charge in [-0.05, 0) is 51.9 Å². The zero-order chi connectivity index (χ0) is 20.4. The van der Waals surface area contributed by atoms with Crippen LogP contribution in [0.5, 0.6) is 11.5 Å². The van der Waals surface area contributed by atoms with Crippen LogP contribution in [0.3, 0.4) is 0 Å². The number of aryl methyl sites for hydroxylation is 1. The van der Waals surface area contributed by atoms with Crippen LogP contribution in [0.25, 0.3) is 0 Å². The standard InChI is InChI=1S/C22H28N2O4/c1-6-24(11-17-12-27-18-9-7-8-10-19(18)28-17)15(4)22(26)21-13(2)20(16(5)25)14(3)23-21/h7-10,15,17,23H,6,11-12H2,1-5H3. The van der Waals surface area contributed by atoms with Crippen molar-refractivity contribution < 1.29 is 19.1 Å². The molecular weight excluding hydrogens is 356 g/mol. The van der Waals surface area contributed by atoms with E-state index in [-0.39, 0.29) is 23.7 Å². The van der Waals surface area contributed by atoms with Crippen LogP contribution in [-0.2, 0) is 0 Å². The Morgan fingerprint density at radius 2 is 1.93 bits per heavy atom. The number of rotatable bonds is 7. The Balaban J connectivity index is 1.73. The summed E-state index contributed by atoms with van der Waals surface area (Å²) in [5, 5.41) is 0. The fourth-order valence-electron chi connectivity index (χ4n) is 3.87. The van der Waals surface area contributed by atoms with E-state index in [9.17, 15) is 9.59 Å². The molecule has 1 aliphatic rings. The van der Waals surface area contributed by atoms with E-state index in [2.05, 4.69) is 9.88 Å². The first-order valence-corrected chi connectivity index (χ1v) is 9.70. The lowest BCUT2D eigenvalue weighted by Gasteiger charge is -2.33. The summed E-state index contributed by atoms with van der Waals surface area (Å²) >= 11 is 0. The number of nitrogens with one attached hydrogen (secondary N) is 1. The molecule has 0 bridgehead atoms. The highest BCUT2D eigenvalue weighted by Gasteiger charge is 2.30. The summed E-state index contributed by atoms with van der Waals surface area (Å²) in [5.74, 6) is 1.43. The summed E-state index contributed by atoms with van der Waals surface area (Å²) in [6.45, 7) is 10.8. The number of fused-ring (bicyclic) bond motifs is 1. The number of Topliss-reactive ketones (excluding diaryl/α,β-unsaturated/α-hetero) is 2. The van der Waals surface area contributed by atoms with Crippen LogP contribution in [0, 0.1) is 13.8 Å². The molecule has 6 nitrogen and oxygen atoms in total. The number of ether oxygens (including phenoxy) is 2. The maximum atomic E-state index is 13.1. The Hall–Kier alpha value is -2.60. The summed E-state index contributed by atoms with van der Waals surface area (Å²) in [5.41, 5.74) is 2.59. The van der Waals surface area contributed by atoms with Gasteiger partial charge in [0.15, 0.2) is 23.1 Å². The third kappa shape index (κ3) is 3.83. The largest absolute Gasteiger partial charge is 0.486 e. The number of ketones is 2. The monoisotopic (exact) mass is 384 g/mol. The lowest BCUT2D eigenvalue weighted by atomic mass is 10.0. The molecule has 2 aromatic rings. The number of hydrogen-bond donors (Lipinski definition) is 1. The number of nitrogens with zero attached hydrogens (tertiary/aromatic N) is 1. The first kappa shape index (κ1) is 20.1. The van der Waals surface area contributed by atoms with Gasteiger partial charge in [-0.15, -0.1) is 0 Å². The number of para-hydroxylation sites is 2. The van der Waals surface area contributed by atoms with E-state index in [1.54, 1.807) is 0 Å². The second-order valence-corrected chi connectivity index (χ2v) is 7.31. The van der Waals surface area contributed by atoms with Crippen LogP contribution in [0.4, 0.5) is 0 Å². The molecule has 2 heterocycles. The SMILES string of the molecule is CCN(CC1COc2ccccc2O1)C(C)C(=O)c1[nH]c(C)c(C(C)=O)c1C. The van der Waals surface area contributed by atoms with E-state index >= 15 is 0 Å². The van der Waals surface area contributed by atoms with Gasteiger partial charge >= 0.3 is 0 Å². The third-order valence-electron chi connectivity index (χ3n) is 5.37. The molecule has 0 fully saturated rings. The minimum atomic E-state index is -0.345. The van der Waals surface area contributed by atoms with Gasteiger partial charge in [-0.1, -0.05) is 19.1 Å². The van der Waals surface area contributed by atoms with Crippen molar-refractivity contribution in [2.24, 2.45) is 0 Å². The fourth-order valence-corrected chi connectivity index (χ4v) is 3.87. The maximum absolute atomic E-state index is 13.1. The molecule has 28 heavy (non-hydrogen) atoms. The van der Waals surface area contributed by atoms with E-state index in [0.29, 0.717) is 31.0 Å². The van der Waals surface area contributed by atoms with E-state index in [1.165, 1.54) is 6.92 Å². The van der Waals surface area contributed by atoms with E-state index in [1.807, 2.05) is 52.0 Å². The van der Waals surface area contributed by atoms with Crippen molar-refractivity contribution in [3.05, 3.63) is 46.8 Å². The molecule has 0 amide bonds. The van der Waals surface area contributed by atoms with Crippen LogP contribution in [0.2, 0.25) is 0 Å². The van der Waals surface area contributed by atoms with Crippen LogP contribution in [-0.4, -0.2) is 53.3 Å². The number of benzene rings is 1. The summed E-state index contributed by atoms with van der Waals surface area (Å²) in [6, 6.07) is 7.26. The van der Waals surface area contributed by atoms with Gasteiger partial charge in [0.05, 0.1) is 11.7 Å². The number of carbonyl (C=O) groups excluding carboxylic acids is 2. The van der Waals surface area contributed by atoms with Gasteiger partial charge in [0.2, 0.25) is 0 Å². The average Bonchev–Trinajstić information content (AvgIpc) is 2.99. The van der Waals surface area contributed by atoms with Crippen LogP contribution < -0.4 is 9.47 Å². The molecule has 0 spiro atoms. The fraction of sp³-hybridized carbons (Fsp3) is 0.455. The highest BCUT2D eigenvalue weighted by Crippen LogP contribution is 2.31. The highest BCUT2D eigenvalue weighted by molar-refractivity contribution is 6.05. The van der Waals surface area contributed by atoms with Crippen molar-refractivity contribution in [3.8, 4) is 11.5 Å². The Morgan fingerprint density at radius 1 is 1.25 bits per heavy atom. The Labute approximate surface area is 165 Å². The second-order valence-electron chi connectivity index (χ2n) is 7.31. The van der Waals surface area contributed by atoms with Gasteiger partial charge < -0.3 is 14.5 Å². The number of aromatic amines is 1. The second kappa shape index (κ2) is 8.19. The van der Waals surface area contributed by atoms with Crippen molar-refractivity contribution in [2.45, 2.75) is 46.8 Å². The van der Waals surface area contributed by atoms with E-state index < -0.39 is 0 Å². The maximum Gasteiger partial charge on any atom is 0.196 e. The zero-order valence-corrected chi connectivity index (χ0v) is 17.2. The van der Waals surface area contributed by atoms with Gasteiger partial charge in [0.1, 0.15) is 12.7 Å². The molecule has 1 aromatic carbocycles. The van der Waals surface area contributed by atoms with Crippen molar-refractivity contribution in [3.63, 3.8) is 0 Å². The molecule has 2 unspecified atom stereocenters. The van der Waals surface area contributed by atoms with Gasteiger partial charge in [0, 0.05) is 17.8 Å². The first-order valence-electron chi connectivity index (χ1n) is 9.70. The highest BCUT2D eigenvalue weighted by atomic mass is 16.6. The van der Waals surface area contributed by atoms with Crippen LogP contribution >= 0.6 is 0 Å². The summed E-state index contributed by atoms with van der Waals surface area (Å²) in [7, 11) is 0. The predicted octanol–water partition coefficient (Wildman–Crippen LogP) is 3.57. The van der Waals surface area contributed by atoms with Crippen molar-refractivity contribution >= 4 is 11.6 Å². The number of likely N-dealkylation sites (N-methyl/N-ethyl adjacent to an activating group) is 1. The minimum Gasteiger partial charge on any atom is -0.486 e. The normalized spacial score (nSPS) is 16.9. The molecule has 2 atom stereocenters. The lowest BCUT2D eigenvalue weighted by molar-refractivity contribution is 0.0457. The summed E-state index contributed by atoms with van der Waals surface area (Å²) in [4.78, 5) is 30.2. The molecule has 3 rings (SSSR count). The molecular formula is C22H28N2O4. The predicted molar refractivity (Wildman–Crippen MR) is 108 cm³/mol. The van der Waals surface area contributed by atoms with Gasteiger partial charge in [-0.2, -0.15) is 0 Å². The molecule has 0 saturated heterocycles. The van der Waals surface area contributed by atoms with Crippen LogP contribution in [0.15, 0.2) is 24.3 Å². The Bertz CT molecular complexity index is 887. The Kier molecular flexibility index (Phi) is 5.89. The minimum absolute atomic E-state index is 0.0212. The molecule has 1 aromatic heterocycles. The molecule has 150 valence electrons. The number of hydrogen-bond acceptors (Lipinski definition) is 5. The van der Waals surface area contributed by atoms with Gasteiger partial charge in [-0.3, -0.25) is 14.5 Å². The molecule has 1 aliphatic heterocycles. The smallest absolute Gasteiger partial charge is 0.196 e. The van der Waals surface area contributed by atoms with Crippen LogP contribution in [0.1, 0.15) is 52.9 Å². The van der Waals surface area contributed by atoms with Crippen molar-refractivity contribution in [2.75, 3.05) is 19.7 Å². The third-order valence-corrected chi connectivity index (χ3v) is 5.37. The number of aromatic nitrogens is 1. The first-order chi connectivity index (χ1) is 13.3. The lowest BCUT2D eigenvalue weighted by Crippen LogP contribution is -2.47. The van der Waals surface area contributed by atoms with Crippen molar-refractivity contribution in [1.82, 2.24) is 9.88 Å². The quantitative estimate of drug-likeness (QED) is 0.739. The molecule has 6 heteroatoms. The molecule has 0 saturated carbocycles. The Morgan fingerprint density at radius 3 is 2.54 bits per heavy atom. The van der Waals surface area contributed by atoms with E-state index in [0.717, 1.165) is 22.8 Å².